The van der Waals surface area contributed by atoms with Crippen LogP contribution in [0.15, 0.2) is 22.7 Å². The van der Waals surface area contributed by atoms with Crippen molar-refractivity contribution in [2.75, 3.05) is 11.5 Å². The van der Waals surface area contributed by atoms with E-state index < -0.39 is 15.9 Å². The van der Waals surface area contributed by atoms with Crippen LogP contribution in [0.3, 0.4) is 0 Å². The number of hydrogen-bond acceptors (Lipinski definition) is 3. The Hall–Kier alpha value is -0.390. The molecule has 0 amide bonds. The number of hydrogen-bond donors (Lipinski definition) is 1. The first-order valence-electron chi connectivity index (χ1n) is 6.00. The molecule has 0 aliphatic carbocycles. The van der Waals surface area contributed by atoms with Gasteiger partial charge in [0.2, 0.25) is 0 Å². The number of aryl methyl sites for hydroxylation is 1. The van der Waals surface area contributed by atoms with E-state index in [2.05, 4.69) is 15.9 Å². The van der Waals surface area contributed by atoms with E-state index in [0.29, 0.717) is 12.8 Å². The second-order valence-corrected chi connectivity index (χ2v) is 7.78. The Labute approximate surface area is 117 Å². The van der Waals surface area contributed by atoms with Gasteiger partial charge in [0.05, 0.1) is 11.9 Å². The maximum atomic E-state index is 11.3. The summed E-state index contributed by atoms with van der Waals surface area (Å²) in [6, 6.07) is 5.74. The van der Waals surface area contributed by atoms with Crippen LogP contribution in [0.25, 0.3) is 0 Å². The van der Waals surface area contributed by atoms with Crippen molar-refractivity contribution in [2.24, 2.45) is 0 Å². The van der Waals surface area contributed by atoms with E-state index >= 15 is 0 Å². The minimum absolute atomic E-state index is 0.146. The molecule has 3 nitrogen and oxygen atoms in total. The van der Waals surface area contributed by atoms with Crippen molar-refractivity contribution in [2.45, 2.75) is 32.8 Å². The van der Waals surface area contributed by atoms with Crippen molar-refractivity contribution < 1.29 is 13.5 Å². The highest BCUT2D eigenvalue weighted by atomic mass is 79.9. The number of aliphatic hydroxyl groups excluding tert-OH is 1. The van der Waals surface area contributed by atoms with Crippen LogP contribution in [0.4, 0.5) is 0 Å². The molecule has 1 rings (SSSR count). The molecule has 18 heavy (non-hydrogen) atoms. The molecule has 0 bridgehead atoms. The molecule has 0 aliphatic rings. The minimum atomic E-state index is -2.94. The zero-order valence-electron chi connectivity index (χ0n) is 10.7. The van der Waals surface area contributed by atoms with E-state index in [1.807, 2.05) is 25.1 Å². The van der Waals surface area contributed by atoms with Gasteiger partial charge < -0.3 is 5.11 Å². The molecule has 0 aromatic heterocycles. The molecular formula is C13H19BrO3S. The Morgan fingerprint density at radius 2 is 2.06 bits per heavy atom. The predicted molar refractivity (Wildman–Crippen MR) is 77.4 cm³/mol. The second kappa shape index (κ2) is 6.68. The first kappa shape index (κ1) is 15.7. The highest BCUT2D eigenvalue weighted by Crippen LogP contribution is 2.25. The molecule has 0 spiro atoms. The largest absolute Gasteiger partial charge is 0.388 e. The maximum Gasteiger partial charge on any atom is 0.150 e. The Morgan fingerprint density at radius 3 is 2.67 bits per heavy atom. The van der Waals surface area contributed by atoms with Gasteiger partial charge in [0.25, 0.3) is 0 Å². The predicted octanol–water partition coefficient (Wildman–Crippen LogP) is 3.01. The van der Waals surface area contributed by atoms with Crippen LogP contribution >= 0.6 is 15.9 Å². The monoisotopic (exact) mass is 334 g/mol. The highest BCUT2D eigenvalue weighted by Gasteiger charge is 2.13. The van der Waals surface area contributed by atoms with Gasteiger partial charge in [0.1, 0.15) is 9.84 Å². The van der Waals surface area contributed by atoms with E-state index in [0.717, 1.165) is 15.6 Å². The summed E-state index contributed by atoms with van der Waals surface area (Å²) in [5.41, 5.74) is 1.88. The summed E-state index contributed by atoms with van der Waals surface area (Å²) in [6.07, 6.45) is 0.356. The molecule has 1 unspecified atom stereocenters. The van der Waals surface area contributed by atoms with Crippen molar-refractivity contribution in [3.05, 3.63) is 33.8 Å². The smallest absolute Gasteiger partial charge is 0.150 e. The third-order valence-electron chi connectivity index (χ3n) is 2.97. The molecule has 0 fully saturated rings. The average Bonchev–Trinajstić information content (AvgIpc) is 2.32. The lowest BCUT2D eigenvalue weighted by Crippen LogP contribution is -2.10. The lowest BCUT2D eigenvalue weighted by molar-refractivity contribution is 0.166. The van der Waals surface area contributed by atoms with Crippen molar-refractivity contribution in [1.29, 1.82) is 0 Å². The summed E-state index contributed by atoms with van der Waals surface area (Å²) in [6.45, 7) is 3.58. The molecule has 1 aromatic rings. The SMILES string of the molecule is CCS(=O)(=O)CCCC(O)c1cc(Br)ccc1C. The van der Waals surface area contributed by atoms with E-state index in [1.165, 1.54) is 0 Å². The van der Waals surface area contributed by atoms with E-state index in [1.54, 1.807) is 6.92 Å². The van der Waals surface area contributed by atoms with Crippen molar-refractivity contribution in [1.82, 2.24) is 0 Å². The molecule has 1 aromatic carbocycles. The summed E-state index contributed by atoms with van der Waals surface area (Å²) in [5, 5.41) is 10.1. The van der Waals surface area contributed by atoms with Crippen LogP contribution in [-0.4, -0.2) is 25.0 Å². The Kier molecular flexibility index (Phi) is 5.82. The molecular weight excluding hydrogens is 316 g/mol. The quantitative estimate of drug-likeness (QED) is 0.869. The first-order chi connectivity index (χ1) is 8.35. The van der Waals surface area contributed by atoms with Crippen LogP contribution in [-0.2, 0) is 9.84 Å². The van der Waals surface area contributed by atoms with Gasteiger partial charge in [-0.25, -0.2) is 8.42 Å². The molecule has 1 atom stereocenters. The van der Waals surface area contributed by atoms with Gasteiger partial charge in [-0.3, -0.25) is 0 Å². The first-order valence-corrected chi connectivity index (χ1v) is 8.61. The fourth-order valence-electron chi connectivity index (χ4n) is 1.77. The summed E-state index contributed by atoms with van der Waals surface area (Å²) in [4.78, 5) is 0. The molecule has 102 valence electrons. The lowest BCUT2D eigenvalue weighted by atomic mass is 10.0. The van der Waals surface area contributed by atoms with Gasteiger partial charge in [-0.05, 0) is 43.0 Å². The third-order valence-corrected chi connectivity index (χ3v) is 5.26. The Balaban J connectivity index is 2.61. The van der Waals surface area contributed by atoms with Crippen LogP contribution in [0.1, 0.15) is 37.0 Å². The second-order valence-electron chi connectivity index (χ2n) is 4.40. The number of rotatable bonds is 6. The number of halogens is 1. The number of sulfone groups is 1. The Bertz CT molecular complexity index is 497. The van der Waals surface area contributed by atoms with Gasteiger partial charge in [-0.2, -0.15) is 0 Å². The standard InChI is InChI=1S/C13H19BrO3S/c1-3-18(16,17)8-4-5-13(15)12-9-11(14)7-6-10(12)2/h6-7,9,13,15H,3-5,8H2,1-2H3. The van der Waals surface area contributed by atoms with Crippen molar-refractivity contribution in [3.8, 4) is 0 Å². The average molecular weight is 335 g/mol. The van der Waals surface area contributed by atoms with Gasteiger partial charge in [-0.15, -0.1) is 0 Å². The highest BCUT2D eigenvalue weighted by molar-refractivity contribution is 9.10. The summed E-state index contributed by atoms with van der Waals surface area (Å²) in [7, 11) is -2.94. The molecule has 0 heterocycles. The van der Waals surface area contributed by atoms with Crippen molar-refractivity contribution in [3.63, 3.8) is 0 Å². The van der Waals surface area contributed by atoms with E-state index in [4.69, 9.17) is 0 Å². The molecule has 0 radical (unpaired) electrons. The lowest BCUT2D eigenvalue weighted by Gasteiger charge is -2.14. The number of benzene rings is 1. The van der Waals surface area contributed by atoms with Gasteiger partial charge in [0, 0.05) is 10.2 Å². The Morgan fingerprint density at radius 1 is 1.39 bits per heavy atom. The van der Waals surface area contributed by atoms with E-state index in [9.17, 15) is 13.5 Å². The van der Waals surface area contributed by atoms with Gasteiger partial charge >= 0.3 is 0 Å². The van der Waals surface area contributed by atoms with Gasteiger partial charge in [0.15, 0.2) is 0 Å². The number of aliphatic hydroxyl groups is 1. The van der Waals surface area contributed by atoms with Crippen LogP contribution < -0.4 is 0 Å². The fourth-order valence-corrected chi connectivity index (χ4v) is 3.04. The maximum absolute atomic E-state index is 11.3. The zero-order chi connectivity index (χ0) is 13.8. The van der Waals surface area contributed by atoms with E-state index in [-0.39, 0.29) is 11.5 Å². The molecule has 1 N–H and O–H groups in total. The van der Waals surface area contributed by atoms with Crippen molar-refractivity contribution >= 4 is 25.8 Å². The molecule has 0 saturated carbocycles. The molecule has 5 heteroatoms. The fraction of sp³-hybridized carbons (Fsp3) is 0.538. The third kappa shape index (κ3) is 4.71. The molecule has 0 saturated heterocycles. The zero-order valence-corrected chi connectivity index (χ0v) is 13.1. The normalized spacial score (nSPS) is 13.6. The van der Waals surface area contributed by atoms with Crippen LogP contribution in [0.2, 0.25) is 0 Å². The summed E-state index contributed by atoms with van der Waals surface area (Å²) < 4.78 is 23.6. The molecule has 0 aliphatic heterocycles. The topological polar surface area (TPSA) is 54.4 Å². The van der Waals surface area contributed by atoms with Crippen LogP contribution in [0, 0.1) is 6.92 Å². The summed E-state index contributed by atoms with van der Waals surface area (Å²) >= 11 is 3.37. The summed E-state index contributed by atoms with van der Waals surface area (Å²) in [5.74, 6) is 0.312. The minimum Gasteiger partial charge on any atom is -0.388 e. The van der Waals surface area contributed by atoms with Gasteiger partial charge in [-0.1, -0.05) is 28.9 Å². The van der Waals surface area contributed by atoms with Crippen LogP contribution in [0.5, 0.6) is 0 Å².